The molecule has 0 amide bonds. The molecule has 0 aliphatic rings. The van der Waals surface area contributed by atoms with E-state index < -0.39 is 0 Å². The molecule has 2 rings (SSSR count). The zero-order valence-electron chi connectivity index (χ0n) is 7.00. The van der Waals surface area contributed by atoms with E-state index in [-0.39, 0.29) is 5.82 Å². The second-order valence-corrected chi connectivity index (χ2v) is 2.84. The maximum absolute atomic E-state index is 13.0. The van der Waals surface area contributed by atoms with Crippen LogP contribution in [0.4, 0.5) is 4.39 Å². The van der Waals surface area contributed by atoms with Crippen LogP contribution in [-0.4, -0.2) is 4.98 Å². The molecule has 0 aliphatic carbocycles. The summed E-state index contributed by atoms with van der Waals surface area (Å²) in [6, 6.07) is 6.49. The van der Waals surface area contributed by atoms with Crippen LogP contribution in [0.5, 0.6) is 0 Å². The Balaban J connectivity index is 2.81. The number of pyridine rings is 1. The number of nitrogens with two attached hydrogens (primary N) is 1. The second-order valence-electron chi connectivity index (χ2n) is 2.84. The topological polar surface area (TPSA) is 38.9 Å². The molecule has 0 aliphatic heterocycles. The maximum atomic E-state index is 13.0. The summed E-state index contributed by atoms with van der Waals surface area (Å²) in [5, 5.41) is 0.794. The Labute approximate surface area is 75.2 Å². The molecule has 2 nitrogen and oxygen atoms in total. The van der Waals surface area contributed by atoms with E-state index in [4.69, 9.17) is 5.73 Å². The highest BCUT2D eigenvalue weighted by molar-refractivity contribution is 5.81. The smallest absolute Gasteiger partial charge is 0.124 e. The van der Waals surface area contributed by atoms with Gasteiger partial charge >= 0.3 is 0 Å². The molecule has 0 spiro atoms. The van der Waals surface area contributed by atoms with E-state index in [1.807, 2.05) is 6.07 Å². The second kappa shape index (κ2) is 3.11. The fourth-order valence-electron chi connectivity index (χ4n) is 1.38. The first-order chi connectivity index (χ1) is 6.31. The minimum atomic E-state index is -0.263. The Hall–Kier alpha value is -1.48. The van der Waals surface area contributed by atoms with Crippen LogP contribution >= 0.6 is 0 Å². The molecular formula is C10H9FN2. The van der Waals surface area contributed by atoms with Crippen molar-refractivity contribution in [2.75, 3.05) is 0 Å². The number of hydrogen-bond donors (Lipinski definition) is 1. The largest absolute Gasteiger partial charge is 0.326 e. The molecule has 0 unspecified atom stereocenters. The summed E-state index contributed by atoms with van der Waals surface area (Å²) < 4.78 is 13.0. The fraction of sp³-hybridized carbons (Fsp3) is 0.100. The molecule has 1 aromatic heterocycles. The first-order valence-corrected chi connectivity index (χ1v) is 4.04. The van der Waals surface area contributed by atoms with Gasteiger partial charge in [-0.05, 0) is 23.8 Å². The van der Waals surface area contributed by atoms with Gasteiger partial charge in [0.15, 0.2) is 0 Å². The van der Waals surface area contributed by atoms with Gasteiger partial charge < -0.3 is 5.73 Å². The van der Waals surface area contributed by atoms with E-state index in [0.717, 1.165) is 16.5 Å². The van der Waals surface area contributed by atoms with Gasteiger partial charge in [0.05, 0.1) is 5.52 Å². The van der Waals surface area contributed by atoms with Crippen molar-refractivity contribution < 1.29 is 4.39 Å². The first kappa shape index (κ1) is 8.13. The predicted molar refractivity (Wildman–Crippen MR) is 49.6 cm³/mol. The Morgan fingerprint density at radius 1 is 1.38 bits per heavy atom. The molecule has 3 heteroatoms. The summed E-state index contributed by atoms with van der Waals surface area (Å²) >= 11 is 0. The number of aromatic nitrogens is 1. The van der Waals surface area contributed by atoms with E-state index in [9.17, 15) is 4.39 Å². The van der Waals surface area contributed by atoms with Crippen LogP contribution in [0.2, 0.25) is 0 Å². The molecule has 0 saturated heterocycles. The molecule has 2 aromatic rings. The molecule has 1 heterocycles. The van der Waals surface area contributed by atoms with Gasteiger partial charge in [0.1, 0.15) is 5.82 Å². The van der Waals surface area contributed by atoms with Gasteiger partial charge in [-0.15, -0.1) is 0 Å². The van der Waals surface area contributed by atoms with Crippen molar-refractivity contribution in [1.82, 2.24) is 4.98 Å². The summed E-state index contributed by atoms with van der Waals surface area (Å²) in [5.41, 5.74) is 7.01. The molecule has 1 aromatic carbocycles. The van der Waals surface area contributed by atoms with Crippen molar-refractivity contribution in [3.05, 3.63) is 41.8 Å². The standard InChI is InChI=1S/C10H9FN2/c11-9-4-7-2-1-3-13-10(7)8(5-9)6-12/h1-5H,6,12H2. The van der Waals surface area contributed by atoms with E-state index in [1.165, 1.54) is 12.1 Å². The monoisotopic (exact) mass is 176 g/mol. The van der Waals surface area contributed by atoms with Crippen molar-refractivity contribution in [1.29, 1.82) is 0 Å². The van der Waals surface area contributed by atoms with Crippen molar-refractivity contribution in [3.8, 4) is 0 Å². The van der Waals surface area contributed by atoms with Gasteiger partial charge in [0.25, 0.3) is 0 Å². The van der Waals surface area contributed by atoms with Gasteiger partial charge in [-0.3, -0.25) is 4.98 Å². The molecular weight excluding hydrogens is 167 g/mol. The average molecular weight is 176 g/mol. The summed E-state index contributed by atoms with van der Waals surface area (Å²) in [6.45, 7) is 0.311. The van der Waals surface area contributed by atoms with Gasteiger partial charge in [-0.1, -0.05) is 6.07 Å². The number of nitrogens with zero attached hydrogens (tertiary/aromatic N) is 1. The van der Waals surface area contributed by atoms with Crippen molar-refractivity contribution in [3.63, 3.8) is 0 Å². The third-order valence-electron chi connectivity index (χ3n) is 1.97. The molecule has 2 N–H and O–H groups in total. The highest BCUT2D eigenvalue weighted by Crippen LogP contribution is 2.17. The van der Waals surface area contributed by atoms with E-state index in [0.29, 0.717) is 6.54 Å². The quantitative estimate of drug-likeness (QED) is 0.720. The molecule has 0 atom stereocenters. The Kier molecular flexibility index (Phi) is 1.94. The van der Waals surface area contributed by atoms with Crippen LogP contribution in [-0.2, 0) is 6.54 Å². The Morgan fingerprint density at radius 2 is 2.23 bits per heavy atom. The third-order valence-corrected chi connectivity index (χ3v) is 1.97. The number of halogens is 1. The number of hydrogen-bond acceptors (Lipinski definition) is 2. The highest BCUT2D eigenvalue weighted by atomic mass is 19.1. The molecule has 0 saturated carbocycles. The van der Waals surface area contributed by atoms with Crippen LogP contribution in [0.15, 0.2) is 30.5 Å². The van der Waals surface area contributed by atoms with Gasteiger partial charge in [-0.2, -0.15) is 0 Å². The molecule has 0 fully saturated rings. The van der Waals surface area contributed by atoms with Gasteiger partial charge in [-0.25, -0.2) is 4.39 Å². The van der Waals surface area contributed by atoms with Crippen LogP contribution in [0.3, 0.4) is 0 Å². The highest BCUT2D eigenvalue weighted by Gasteiger charge is 2.02. The van der Waals surface area contributed by atoms with Gasteiger partial charge in [0, 0.05) is 18.1 Å². The van der Waals surface area contributed by atoms with Crippen molar-refractivity contribution >= 4 is 10.9 Å². The van der Waals surface area contributed by atoms with E-state index in [1.54, 1.807) is 12.3 Å². The fourth-order valence-corrected chi connectivity index (χ4v) is 1.38. The third kappa shape index (κ3) is 1.38. The zero-order chi connectivity index (χ0) is 9.26. The van der Waals surface area contributed by atoms with Gasteiger partial charge in [0.2, 0.25) is 0 Å². The van der Waals surface area contributed by atoms with Crippen LogP contribution in [0, 0.1) is 5.82 Å². The zero-order valence-corrected chi connectivity index (χ0v) is 7.00. The predicted octanol–water partition coefficient (Wildman–Crippen LogP) is 1.83. The van der Waals surface area contributed by atoms with E-state index >= 15 is 0 Å². The summed E-state index contributed by atoms with van der Waals surface area (Å²) in [5.74, 6) is -0.263. The summed E-state index contributed by atoms with van der Waals surface area (Å²) in [6.07, 6.45) is 1.68. The van der Waals surface area contributed by atoms with E-state index in [2.05, 4.69) is 4.98 Å². The van der Waals surface area contributed by atoms with Crippen molar-refractivity contribution in [2.24, 2.45) is 5.73 Å². The van der Waals surface area contributed by atoms with Crippen molar-refractivity contribution in [2.45, 2.75) is 6.54 Å². The van der Waals surface area contributed by atoms with Crippen LogP contribution < -0.4 is 5.73 Å². The Bertz CT molecular complexity index is 440. The number of benzene rings is 1. The summed E-state index contributed by atoms with van der Waals surface area (Å²) in [7, 11) is 0. The SMILES string of the molecule is NCc1cc(F)cc2cccnc12. The minimum absolute atomic E-state index is 0.263. The minimum Gasteiger partial charge on any atom is -0.326 e. The normalized spacial score (nSPS) is 10.6. The molecule has 0 radical (unpaired) electrons. The first-order valence-electron chi connectivity index (χ1n) is 4.04. The van der Waals surface area contributed by atoms with Crippen LogP contribution in [0.1, 0.15) is 5.56 Å². The van der Waals surface area contributed by atoms with Crippen LogP contribution in [0.25, 0.3) is 10.9 Å². The number of fused-ring (bicyclic) bond motifs is 1. The number of rotatable bonds is 1. The molecule has 0 bridgehead atoms. The lowest BCUT2D eigenvalue weighted by Crippen LogP contribution is -1.99. The maximum Gasteiger partial charge on any atom is 0.124 e. The molecule has 13 heavy (non-hydrogen) atoms. The molecule has 66 valence electrons. The lowest BCUT2D eigenvalue weighted by Gasteiger charge is -2.02. The summed E-state index contributed by atoms with van der Waals surface area (Å²) in [4.78, 5) is 4.15. The lowest BCUT2D eigenvalue weighted by molar-refractivity contribution is 0.627. The lowest BCUT2D eigenvalue weighted by atomic mass is 10.1. The Morgan fingerprint density at radius 3 is 3.00 bits per heavy atom. The average Bonchev–Trinajstić information content (AvgIpc) is 2.16.